The van der Waals surface area contributed by atoms with E-state index in [-0.39, 0.29) is 18.2 Å². The van der Waals surface area contributed by atoms with Crippen molar-refractivity contribution in [2.45, 2.75) is 24.6 Å². The van der Waals surface area contributed by atoms with Gasteiger partial charge in [-0.2, -0.15) is 5.26 Å². The maximum atomic E-state index is 8.62. The molecule has 6 nitrogen and oxygen atoms in total. The van der Waals surface area contributed by atoms with E-state index in [4.69, 9.17) is 15.7 Å². The molecule has 4 atom stereocenters. The third-order valence-corrected chi connectivity index (χ3v) is 3.53. The van der Waals surface area contributed by atoms with Gasteiger partial charge in [-0.3, -0.25) is 0 Å². The number of nitrogens with one attached hydrogen (secondary N) is 1. The van der Waals surface area contributed by atoms with E-state index in [0.29, 0.717) is 17.4 Å². The average Bonchev–Trinajstić information content (AvgIpc) is 2.81. The molecule has 3 N–H and O–H groups in total. The van der Waals surface area contributed by atoms with Crippen LogP contribution in [-0.4, -0.2) is 34.8 Å². The van der Waals surface area contributed by atoms with Gasteiger partial charge in [-0.15, -0.1) is 0 Å². The Hall–Kier alpha value is -1.71. The number of aromatic nitrogens is 2. The van der Waals surface area contributed by atoms with Crippen LogP contribution in [0, 0.1) is 17.2 Å². The maximum Gasteiger partial charge on any atom is 0.158 e. The van der Waals surface area contributed by atoms with Crippen molar-refractivity contribution in [2.75, 3.05) is 11.9 Å². The number of nitrogens with two attached hydrogens (primary N) is 1. The average molecular weight is 231 g/mol. The highest BCUT2D eigenvalue weighted by Crippen LogP contribution is 2.38. The summed E-state index contributed by atoms with van der Waals surface area (Å²) in [5.74, 6) is 1.11. The van der Waals surface area contributed by atoms with E-state index in [1.165, 1.54) is 6.20 Å². The molecule has 0 aromatic carbocycles. The molecule has 2 aliphatic rings. The number of fused-ring (bicyclic) bond motifs is 1. The van der Waals surface area contributed by atoms with Gasteiger partial charge >= 0.3 is 0 Å². The minimum absolute atomic E-state index is 0.102. The van der Waals surface area contributed by atoms with E-state index in [9.17, 15) is 0 Å². The van der Waals surface area contributed by atoms with Crippen molar-refractivity contribution in [2.24, 2.45) is 11.7 Å². The number of hydrogen-bond acceptors (Lipinski definition) is 6. The largest absolute Gasteiger partial charge is 0.376 e. The summed E-state index contributed by atoms with van der Waals surface area (Å²) < 4.78 is 5.61. The maximum absolute atomic E-state index is 8.62. The Morgan fingerprint density at radius 2 is 2.35 bits per heavy atom. The number of hydrogen-bond donors (Lipinski definition) is 2. The Bertz CT molecular complexity index is 454. The van der Waals surface area contributed by atoms with Gasteiger partial charge < -0.3 is 15.8 Å². The van der Waals surface area contributed by atoms with E-state index >= 15 is 0 Å². The molecule has 1 aromatic rings. The van der Waals surface area contributed by atoms with Crippen LogP contribution in [0.25, 0.3) is 0 Å². The van der Waals surface area contributed by atoms with Crippen LogP contribution in [0.1, 0.15) is 12.1 Å². The van der Waals surface area contributed by atoms with Gasteiger partial charge in [-0.1, -0.05) is 0 Å². The summed E-state index contributed by atoms with van der Waals surface area (Å²) in [4.78, 5) is 8.06. The monoisotopic (exact) mass is 231 g/mol. The lowest BCUT2D eigenvalue weighted by molar-refractivity contribution is 0.00523. The van der Waals surface area contributed by atoms with E-state index in [1.54, 1.807) is 6.20 Å². The van der Waals surface area contributed by atoms with Crippen LogP contribution < -0.4 is 11.1 Å². The van der Waals surface area contributed by atoms with Gasteiger partial charge in [0.2, 0.25) is 0 Å². The predicted molar refractivity (Wildman–Crippen MR) is 60.0 cm³/mol. The summed E-state index contributed by atoms with van der Waals surface area (Å²) in [6.45, 7) is 0.792. The molecule has 1 saturated heterocycles. The SMILES string of the molecule is N#Cc1cnc(NC2C(N)C3CCOC32)cn1. The van der Waals surface area contributed by atoms with E-state index in [0.717, 1.165) is 13.0 Å². The highest BCUT2D eigenvalue weighted by Gasteiger charge is 2.52. The first-order valence-electron chi connectivity index (χ1n) is 5.65. The highest BCUT2D eigenvalue weighted by atomic mass is 16.5. The molecule has 1 saturated carbocycles. The van der Waals surface area contributed by atoms with Crippen molar-refractivity contribution < 1.29 is 4.74 Å². The lowest BCUT2D eigenvalue weighted by atomic mass is 9.72. The Kier molecular flexibility index (Phi) is 2.42. The molecule has 2 fully saturated rings. The molecule has 2 heterocycles. The predicted octanol–water partition coefficient (Wildman–Crippen LogP) is -0.125. The summed E-state index contributed by atoms with van der Waals surface area (Å²) in [5.41, 5.74) is 6.38. The zero-order valence-corrected chi connectivity index (χ0v) is 9.21. The summed E-state index contributed by atoms with van der Waals surface area (Å²) in [6.07, 6.45) is 4.23. The Balaban J connectivity index is 1.69. The lowest BCUT2D eigenvalue weighted by Gasteiger charge is -2.45. The molecule has 88 valence electrons. The molecule has 1 aliphatic heterocycles. The van der Waals surface area contributed by atoms with Gasteiger partial charge in [0.05, 0.1) is 24.5 Å². The minimum atomic E-state index is 0.102. The Morgan fingerprint density at radius 3 is 3.06 bits per heavy atom. The fourth-order valence-electron chi connectivity index (χ4n) is 2.56. The summed E-state index contributed by atoms with van der Waals surface area (Å²) in [6, 6.07) is 2.14. The van der Waals surface area contributed by atoms with Gasteiger partial charge in [0, 0.05) is 18.6 Å². The standard InChI is InChI=1S/C11H13N5O/c12-3-6-4-15-8(5-14-6)16-10-9(13)7-1-2-17-11(7)10/h4-5,7,9-11H,1-2,13H2,(H,15,16). The van der Waals surface area contributed by atoms with Crippen molar-refractivity contribution in [1.82, 2.24) is 9.97 Å². The third kappa shape index (κ3) is 1.64. The molecule has 0 spiro atoms. The number of anilines is 1. The van der Waals surface area contributed by atoms with E-state index < -0.39 is 0 Å². The molecule has 0 bridgehead atoms. The van der Waals surface area contributed by atoms with Crippen LogP contribution in [0.5, 0.6) is 0 Å². The minimum Gasteiger partial charge on any atom is -0.376 e. The molecule has 1 aromatic heterocycles. The molecule has 0 amide bonds. The lowest BCUT2D eigenvalue weighted by Crippen LogP contribution is -2.65. The first-order valence-corrected chi connectivity index (χ1v) is 5.65. The molecular formula is C11H13N5O. The highest BCUT2D eigenvalue weighted by molar-refractivity contribution is 5.37. The van der Waals surface area contributed by atoms with Gasteiger partial charge in [0.1, 0.15) is 11.9 Å². The fraction of sp³-hybridized carbons (Fsp3) is 0.545. The molecule has 3 rings (SSSR count). The van der Waals surface area contributed by atoms with Crippen LogP contribution in [-0.2, 0) is 4.74 Å². The van der Waals surface area contributed by atoms with Crippen LogP contribution >= 0.6 is 0 Å². The van der Waals surface area contributed by atoms with Crippen molar-refractivity contribution in [3.05, 3.63) is 18.1 Å². The first-order chi connectivity index (χ1) is 8.29. The van der Waals surface area contributed by atoms with Gasteiger partial charge in [0.15, 0.2) is 5.69 Å². The van der Waals surface area contributed by atoms with E-state index in [2.05, 4.69) is 15.3 Å². The smallest absolute Gasteiger partial charge is 0.158 e. The normalized spacial score (nSPS) is 34.6. The zero-order valence-electron chi connectivity index (χ0n) is 9.21. The van der Waals surface area contributed by atoms with Crippen LogP contribution in [0.15, 0.2) is 12.4 Å². The topological polar surface area (TPSA) is 96.9 Å². The summed E-state index contributed by atoms with van der Waals surface area (Å²) >= 11 is 0. The number of ether oxygens (including phenoxy) is 1. The molecular weight excluding hydrogens is 218 g/mol. The molecule has 4 unspecified atom stereocenters. The third-order valence-electron chi connectivity index (χ3n) is 3.53. The number of nitriles is 1. The van der Waals surface area contributed by atoms with E-state index in [1.807, 2.05) is 6.07 Å². The second-order valence-electron chi connectivity index (χ2n) is 4.43. The molecule has 1 aliphatic carbocycles. The Morgan fingerprint density at radius 1 is 1.47 bits per heavy atom. The second-order valence-corrected chi connectivity index (χ2v) is 4.43. The number of rotatable bonds is 2. The molecule has 17 heavy (non-hydrogen) atoms. The van der Waals surface area contributed by atoms with Gasteiger partial charge in [-0.05, 0) is 6.42 Å². The summed E-state index contributed by atoms with van der Waals surface area (Å²) in [7, 11) is 0. The molecule has 6 heteroatoms. The fourth-order valence-corrected chi connectivity index (χ4v) is 2.56. The van der Waals surface area contributed by atoms with Crippen LogP contribution in [0.4, 0.5) is 5.82 Å². The Labute approximate surface area is 98.8 Å². The van der Waals surface area contributed by atoms with Crippen molar-refractivity contribution >= 4 is 5.82 Å². The van der Waals surface area contributed by atoms with Crippen LogP contribution in [0.3, 0.4) is 0 Å². The first kappa shape index (κ1) is 10.4. The van der Waals surface area contributed by atoms with Crippen molar-refractivity contribution in [3.63, 3.8) is 0 Å². The van der Waals surface area contributed by atoms with Crippen LogP contribution in [0.2, 0.25) is 0 Å². The zero-order chi connectivity index (χ0) is 11.8. The van der Waals surface area contributed by atoms with Gasteiger partial charge in [0.25, 0.3) is 0 Å². The van der Waals surface area contributed by atoms with Gasteiger partial charge in [-0.25, -0.2) is 9.97 Å². The van der Waals surface area contributed by atoms with Crippen molar-refractivity contribution in [3.8, 4) is 6.07 Å². The van der Waals surface area contributed by atoms with Crippen molar-refractivity contribution in [1.29, 1.82) is 5.26 Å². The second kappa shape index (κ2) is 3.95. The number of nitrogens with zero attached hydrogens (tertiary/aromatic N) is 3. The molecule has 0 radical (unpaired) electrons. The quantitative estimate of drug-likeness (QED) is 0.736. The summed E-state index contributed by atoms with van der Waals surface area (Å²) in [5, 5.41) is 11.8.